The molecule has 1 heterocycles. The number of para-hydroxylation sites is 1. The predicted molar refractivity (Wildman–Crippen MR) is 125 cm³/mol. The largest absolute Gasteiger partial charge is 0.338 e. The number of halogens is 1. The van der Waals surface area contributed by atoms with Crippen LogP contribution in [0.15, 0.2) is 41.2 Å². The van der Waals surface area contributed by atoms with E-state index in [9.17, 15) is 4.79 Å². The average Bonchev–Trinajstić information content (AvgIpc) is 3.54. The lowest BCUT2D eigenvalue weighted by atomic mass is 10.1. The van der Waals surface area contributed by atoms with Crippen molar-refractivity contribution in [3.63, 3.8) is 0 Å². The Bertz CT molecular complexity index is 819. The first-order chi connectivity index (χ1) is 13.8. The van der Waals surface area contributed by atoms with Gasteiger partial charge in [-0.3, -0.25) is 4.79 Å². The van der Waals surface area contributed by atoms with Crippen molar-refractivity contribution in [3.8, 4) is 0 Å². The number of benzene rings is 1. The number of hydrogen-bond donors (Lipinski definition) is 0. The van der Waals surface area contributed by atoms with Crippen molar-refractivity contribution in [2.45, 2.75) is 83.1 Å². The number of hydrogen-bond acceptors (Lipinski definition) is 1. The van der Waals surface area contributed by atoms with Crippen LogP contribution in [-0.2, 0) is 0 Å². The lowest BCUT2D eigenvalue weighted by molar-refractivity contribution is 0.568. The van der Waals surface area contributed by atoms with Gasteiger partial charge in [0.15, 0.2) is 5.43 Å². The molecule has 3 rings (SSSR count). The van der Waals surface area contributed by atoms with E-state index in [1.54, 1.807) is 0 Å². The summed E-state index contributed by atoms with van der Waals surface area (Å²) in [5.41, 5.74) is 2.31. The lowest BCUT2D eigenvalue weighted by Crippen LogP contribution is -2.11. The van der Waals surface area contributed by atoms with Gasteiger partial charge in [-0.05, 0) is 50.3 Å². The molecule has 0 bridgehead atoms. The van der Waals surface area contributed by atoms with Gasteiger partial charge in [0.1, 0.15) is 0 Å². The molecule has 0 atom stereocenters. The fourth-order valence-corrected chi connectivity index (χ4v) is 4.38. The second kappa shape index (κ2) is 11.6. The van der Waals surface area contributed by atoms with Crippen LogP contribution in [0, 0.1) is 0 Å². The Morgan fingerprint density at radius 2 is 1.57 bits per heavy atom. The predicted octanol–water partition coefficient (Wildman–Crippen LogP) is 7.65. The van der Waals surface area contributed by atoms with E-state index in [0.717, 1.165) is 28.3 Å². The van der Waals surface area contributed by atoms with Crippen molar-refractivity contribution in [1.29, 1.82) is 0 Å². The summed E-state index contributed by atoms with van der Waals surface area (Å²) in [6, 6.07) is 10.4. The summed E-state index contributed by atoms with van der Waals surface area (Å²) >= 11 is 3.49. The third-order valence-corrected chi connectivity index (χ3v) is 6.25. The van der Waals surface area contributed by atoms with E-state index in [0.29, 0.717) is 6.04 Å². The molecule has 3 heteroatoms. The number of pyridine rings is 1. The Morgan fingerprint density at radius 1 is 0.929 bits per heavy atom. The number of fused-ring (bicyclic) bond motifs is 1. The highest BCUT2D eigenvalue weighted by Crippen LogP contribution is 2.38. The third kappa shape index (κ3) is 6.34. The summed E-state index contributed by atoms with van der Waals surface area (Å²) in [6.07, 6.45) is 20.2. The third-order valence-electron chi connectivity index (χ3n) is 5.69. The van der Waals surface area contributed by atoms with Crippen LogP contribution in [0.3, 0.4) is 0 Å². The van der Waals surface area contributed by atoms with Crippen molar-refractivity contribution in [2.24, 2.45) is 0 Å². The van der Waals surface area contributed by atoms with Gasteiger partial charge in [-0.1, -0.05) is 79.1 Å². The molecule has 1 aliphatic rings. The summed E-state index contributed by atoms with van der Waals surface area (Å²) in [7, 11) is 0. The molecular formula is C25H34BrNO. The zero-order valence-electron chi connectivity index (χ0n) is 17.0. The van der Waals surface area contributed by atoms with E-state index in [-0.39, 0.29) is 5.43 Å². The number of alkyl halides is 1. The highest BCUT2D eigenvalue weighted by molar-refractivity contribution is 9.09. The summed E-state index contributed by atoms with van der Waals surface area (Å²) < 4.78 is 2.38. The molecule has 0 spiro atoms. The molecule has 28 heavy (non-hydrogen) atoms. The summed E-state index contributed by atoms with van der Waals surface area (Å²) in [4.78, 5) is 12.5. The highest BCUT2D eigenvalue weighted by atomic mass is 79.9. The van der Waals surface area contributed by atoms with Crippen LogP contribution in [0.4, 0.5) is 0 Å². The van der Waals surface area contributed by atoms with E-state index in [4.69, 9.17) is 0 Å². The molecule has 152 valence electrons. The van der Waals surface area contributed by atoms with Gasteiger partial charge in [-0.25, -0.2) is 0 Å². The second-order valence-corrected chi connectivity index (χ2v) is 8.91. The Balaban J connectivity index is 1.43. The van der Waals surface area contributed by atoms with E-state index < -0.39 is 0 Å². The molecule has 0 saturated heterocycles. The zero-order valence-corrected chi connectivity index (χ0v) is 18.6. The number of nitrogens with zero attached hydrogens (tertiary/aromatic N) is 1. The van der Waals surface area contributed by atoms with Gasteiger partial charge in [0.25, 0.3) is 0 Å². The van der Waals surface area contributed by atoms with Crippen molar-refractivity contribution in [2.75, 3.05) is 5.33 Å². The monoisotopic (exact) mass is 443 g/mol. The van der Waals surface area contributed by atoms with Gasteiger partial charge in [0, 0.05) is 28.5 Å². The number of unbranched alkanes of at least 4 members (excludes halogenated alkanes) is 9. The first-order valence-electron chi connectivity index (χ1n) is 11.2. The minimum Gasteiger partial charge on any atom is -0.338 e. The Labute approximate surface area is 178 Å². The minimum absolute atomic E-state index is 0.142. The summed E-state index contributed by atoms with van der Waals surface area (Å²) in [6.45, 7) is 0. The molecule has 0 radical (unpaired) electrons. The first kappa shape index (κ1) is 21.4. The average molecular weight is 444 g/mol. The SMILES string of the molecule is O=c1cc(/C=C/CCCCCCCCCCCBr)n(C2CC2)c2ccccc12. The van der Waals surface area contributed by atoms with Crippen LogP contribution in [0.1, 0.15) is 88.8 Å². The molecule has 2 aromatic rings. The molecule has 1 aromatic carbocycles. The topological polar surface area (TPSA) is 22.0 Å². The van der Waals surface area contributed by atoms with Crippen molar-refractivity contribution in [3.05, 3.63) is 52.3 Å². The zero-order chi connectivity index (χ0) is 19.6. The van der Waals surface area contributed by atoms with Gasteiger partial charge < -0.3 is 4.57 Å². The Morgan fingerprint density at radius 3 is 2.25 bits per heavy atom. The van der Waals surface area contributed by atoms with Crippen LogP contribution in [0.2, 0.25) is 0 Å². The Hall–Kier alpha value is -1.35. The molecule has 1 fully saturated rings. The van der Waals surface area contributed by atoms with E-state index in [2.05, 4.69) is 38.7 Å². The first-order valence-corrected chi connectivity index (χ1v) is 12.3. The molecule has 0 N–H and O–H groups in total. The van der Waals surface area contributed by atoms with Crippen LogP contribution in [-0.4, -0.2) is 9.90 Å². The van der Waals surface area contributed by atoms with E-state index in [1.807, 2.05) is 24.3 Å². The lowest BCUT2D eigenvalue weighted by Gasteiger charge is -2.14. The highest BCUT2D eigenvalue weighted by Gasteiger charge is 2.26. The quantitative estimate of drug-likeness (QED) is 0.230. The van der Waals surface area contributed by atoms with Gasteiger partial charge >= 0.3 is 0 Å². The minimum atomic E-state index is 0.142. The maximum absolute atomic E-state index is 12.5. The van der Waals surface area contributed by atoms with Gasteiger partial charge in [0.05, 0.1) is 5.52 Å². The molecule has 1 aliphatic carbocycles. The number of allylic oxidation sites excluding steroid dienone is 1. The van der Waals surface area contributed by atoms with Crippen LogP contribution >= 0.6 is 15.9 Å². The molecule has 1 aromatic heterocycles. The molecule has 1 saturated carbocycles. The molecular weight excluding hydrogens is 410 g/mol. The van der Waals surface area contributed by atoms with Crippen LogP contribution < -0.4 is 5.43 Å². The maximum Gasteiger partial charge on any atom is 0.190 e. The van der Waals surface area contributed by atoms with Gasteiger partial charge in [0.2, 0.25) is 0 Å². The molecule has 0 unspecified atom stereocenters. The van der Waals surface area contributed by atoms with Crippen molar-refractivity contribution < 1.29 is 0 Å². The van der Waals surface area contributed by atoms with Gasteiger partial charge in [-0.15, -0.1) is 0 Å². The second-order valence-electron chi connectivity index (χ2n) is 8.11. The van der Waals surface area contributed by atoms with Crippen LogP contribution in [0.25, 0.3) is 17.0 Å². The molecule has 0 amide bonds. The van der Waals surface area contributed by atoms with Crippen molar-refractivity contribution >= 4 is 32.9 Å². The van der Waals surface area contributed by atoms with Crippen molar-refractivity contribution in [1.82, 2.24) is 4.57 Å². The maximum atomic E-state index is 12.5. The normalized spacial score (nSPS) is 14.3. The number of rotatable bonds is 13. The van der Waals surface area contributed by atoms with E-state index in [1.165, 1.54) is 70.6 Å². The fraction of sp³-hybridized carbons (Fsp3) is 0.560. The Kier molecular flexibility index (Phi) is 8.85. The molecule has 0 aliphatic heterocycles. The van der Waals surface area contributed by atoms with E-state index >= 15 is 0 Å². The fourth-order valence-electron chi connectivity index (χ4n) is 3.98. The smallest absolute Gasteiger partial charge is 0.190 e. The number of aromatic nitrogens is 1. The summed E-state index contributed by atoms with van der Waals surface area (Å²) in [5.74, 6) is 0. The summed E-state index contributed by atoms with van der Waals surface area (Å²) in [5, 5.41) is 2.00. The standard InChI is InChI=1S/C25H34BrNO/c26-19-13-9-7-5-3-1-2-4-6-8-10-14-22-20-25(28)23-15-11-12-16-24(23)27(22)21-17-18-21/h10-12,14-16,20-21H,1-9,13,17-19H2/b14-10+. The molecule has 2 nitrogen and oxygen atoms in total. The van der Waals surface area contributed by atoms with Gasteiger partial charge in [-0.2, -0.15) is 0 Å². The van der Waals surface area contributed by atoms with Crippen LogP contribution in [0.5, 0.6) is 0 Å².